The van der Waals surface area contributed by atoms with E-state index in [-0.39, 0.29) is 0 Å². The Labute approximate surface area is 135 Å². The van der Waals surface area contributed by atoms with Crippen LogP contribution in [-0.2, 0) is 7.05 Å². The summed E-state index contributed by atoms with van der Waals surface area (Å²) in [5, 5.41) is 0. The molecule has 0 unspecified atom stereocenters. The van der Waals surface area contributed by atoms with Crippen LogP contribution >= 0.6 is 0 Å². The first kappa shape index (κ1) is 13.8. The van der Waals surface area contributed by atoms with Crippen LogP contribution in [0.25, 0.3) is 28.1 Å². The molecule has 2 heterocycles. The Hall–Kier alpha value is -2.88. The molecule has 0 radical (unpaired) electrons. The average Bonchev–Trinajstić information content (AvgIpc) is 3.15. The minimum absolute atomic E-state index is 0.941. The standard InChI is InChI=1S/C19H18N4/c1-13-6-4-7-14(2)17(13)23-11-10-20-19(23)15-8-5-9-16-18(15)22(3)12-21-16/h4-12H,1-3H3. The molecule has 0 fully saturated rings. The maximum absolute atomic E-state index is 4.64. The molecule has 4 aromatic rings. The second-order valence-electron chi connectivity index (χ2n) is 5.89. The normalized spacial score (nSPS) is 11.3. The molecular weight excluding hydrogens is 284 g/mol. The SMILES string of the molecule is Cc1cccc(C)c1-n1ccnc1-c1cccc2ncn(C)c12. The summed E-state index contributed by atoms with van der Waals surface area (Å²) in [6.07, 6.45) is 5.73. The van der Waals surface area contributed by atoms with Gasteiger partial charge in [-0.05, 0) is 37.1 Å². The maximum Gasteiger partial charge on any atom is 0.146 e. The van der Waals surface area contributed by atoms with E-state index in [2.05, 4.69) is 52.6 Å². The van der Waals surface area contributed by atoms with Crippen molar-refractivity contribution >= 4 is 11.0 Å². The van der Waals surface area contributed by atoms with Gasteiger partial charge in [0.15, 0.2) is 0 Å². The Balaban J connectivity index is 2.02. The number of benzene rings is 2. The Morgan fingerprint density at radius 1 is 0.913 bits per heavy atom. The van der Waals surface area contributed by atoms with Gasteiger partial charge in [-0.2, -0.15) is 0 Å². The molecule has 23 heavy (non-hydrogen) atoms. The van der Waals surface area contributed by atoms with Crippen LogP contribution < -0.4 is 0 Å². The molecule has 0 aliphatic heterocycles. The number of aromatic nitrogens is 4. The fraction of sp³-hybridized carbons (Fsp3) is 0.158. The van der Waals surface area contributed by atoms with Gasteiger partial charge >= 0.3 is 0 Å². The highest BCUT2D eigenvalue weighted by Crippen LogP contribution is 2.30. The smallest absolute Gasteiger partial charge is 0.146 e. The lowest BCUT2D eigenvalue weighted by Crippen LogP contribution is -2.02. The second-order valence-corrected chi connectivity index (χ2v) is 5.89. The number of para-hydroxylation sites is 2. The van der Waals surface area contributed by atoms with Crippen molar-refractivity contribution in [1.29, 1.82) is 0 Å². The number of imidazole rings is 2. The molecule has 0 aliphatic rings. The van der Waals surface area contributed by atoms with Gasteiger partial charge in [0, 0.05) is 25.0 Å². The molecular formula is C19H18N4. The van der Waals surface area contributed by atoms with Crippen molar-refractivity contribution in [2.75, 3.05) is 0 Å². The molecule has 4 heteroatoms. The average molecular weight is 302 g/mol. The van der Waals surface area contributed by atoms with Crippen LogP contribution in [0.2, 0.25) is 0 Å². The highest BCUT2D eigenvalue weighted by molar-refractivity contribution is 5.90. The zero-order valence-corrected chi connectivity index (χ0v) is 13.5. The third kappa shape index (κ3) is 2.06. The van der Waals surface area contributed by atoms with Crippen molar-refractivity contribution in [3.05, 3.63) is 66.2 Å². The van der Waals surface area contributed by atoms with Crippen molar-refractivity contribution < 1.29 is 0 Å². The van der Waals surface area contributed by atoms with E-state index in [9.17, 15) is 0 Å². The van der Waals surface area contributed by atoms with E-state index in [0.29, 0.717) is 0 Å². The summed E-state index contributed by atoms with van der Waals surface area (Å²) >= 11 is 0. The molecule has 0 atom stereocenters. The van der Waals surface area contributed by atoms with Crippen LogP contribution in [-0.4, -0.2) is 19.1 Å². The number of aryl methyl sites for hydroxylation is 3. The molecule has 0 spiro atoms. The molecule has 0 saturated carbocycles. The number of hydrogen-bond donors (Lipinski definition) is 0. The molecule has 114 valence electrons. The van der Waals surface area contributed by atoms with Crippen molar-refractivity contribution in [3.63, 3.8) is 0 Å². The van der Waals surface area contributed by atoms with Gasteiger partial charge in [0.25, 0.3) is 0 Å². The lowest BCUT2D eigenvalue weighted by molar-refractivity contribution is 0.945. The van der Waals surface area contributed by atoms with E-state index >= 15 is 0 Å². The Kier molecular flexibility index (Phi) is 3.05. The van der Waals surface area contributed by atoms with Gasteiger partial charge in [-0.25, -0.2) is 9.97 Å². The van der Waals surface area contributed by atoms with Crippen molar-refractivity contribution in [2.45, 2.75) is 13.8 Å². The van der Waals surface area contributed by atoms with E-state index in [1.54, 1.807) is 0 Å². The number of rotatable bonds is 2. The van der Waals surface area contributed by atoms with E-state index in [1.807, 2.05) is 42.5 Å². The third-order valence-corrected chi connectivity index (χ3v) is 4.30. The first-order chi connectivity index (χ1) is 11.2. The number of fused-ring (bicyclic) bond motifs is 1. The fourth-order valence-electron chi connectivity index (χ4n) is 3.26. The maximum atomic E-state index is 4.64. The predicted octanol–water partition coefficient (Wildman–Crippen LogP) is 4.04. The summed E-state index contributed by atoms with van der Waals surface area (Å²) in [4.78, 5) is 9.09. The van der Waals surface area contributed by atoms with Gasteiger partial charge in [0.1, 0.15) is 5.82 Å². The first-order valence-electron chi connectivity index (χ1n) is 7.67. The summed E-state index contributed by atoms with van der Waals surface area (Å²) in [5.41, 5.74) is 6.85. The zero-order valence-electron chi connectivity index (χ0n) is 13.5. The summed E-state index contributed by atoms with van der Waals surface area (Å²) in [6, 6.07) is 12.5. The molecule has 4 rings (SSSR count). The summed E-state index contributed by atoms with van der Waals surface area (Å²) in [7, 11) is 2.02. The van der Waals surface area contributed by atoms with Crippen LogP contribution in [0.4, 0.5) is 0 Å². The number of nitrogens with zero attached hydrogens (tertiary/aromatic N) is 4. The molecule has 2 aromatic carbocycles. The van der Waals surface area contributed by atoms with Gasteiger partial charge in [-0.3, -0.25) is 4.57 Å². The van der Waals surface area contributed by atoms with Crippen LogP contribution in [0.5, 0.6) is 0 Å². The third-order valence-electron chi connectivity index (χ3n) is 4.30. The molecule has 0 bridgehead atoms. The molecule has 4 nitrogen and oxygen atoms in total. The Morgan fingerprint density at radius 2 is 1.65 bits per heavy atom. The van der Waals surface area contributed by atoms with E-state index in [0.717, 1.165) is 22.4 Å². The Bertz CT molecular complexity index is 987. The quantitative estimate of drug-likeness (QED) is 0.560. The highest BCUT2D eigenvalue weighted by atomic mass is 15.1. The van der Waals surface area contributed by atoms with Crippen LogP contribution in [0.1, 0.15) is 11.1 Å². The van der Waals surface area contributed by atoms with Crippen molar-refractivity contribution in [3.8, 4) is 17.1 Å². The minimum Gasteiger partial charge on any atom is -0.333 e. The summed E-state index contributed by atoms with van der Waals surface area (Å²) in [6.45, 7) is 4.27. The first-order valence-corrected chi connectivity index (χ1v) is 7.67. The molecule has 0 aliphatic carbocycles. The topological polar surface area (TPSA) is 35.6 Å². The molecule has 2 aromatic heterocycles. The molecule has 0 N–H and O–H groups in total. The monoisotopic (exact) mass is 302 g/mol. The zero-order chi connectivity index (χ0) is 16.0. The van der Waals surface area contributed by atoms with Gasteiger partial charge in [-0.15, -0.1) is 0 Å². The van der Waals surface area contributed by atoms with Crippen LogP contribution in [0, 0.1) is 13.8 Å². The van der Waals surface area contributed by atoms with E-state index in [4.69, 9.17) is 0 Å². The van der Waals surface area contributed by atoms with Gasteiger partial charge in [0.05, 0.1) is 23.0 Å². The predicted molar refractivity (Wildman–Crippen MR) is 92.7 cm³/mol. The highest BCUT2D eigenvalue weighted by Gasteiger charge is 2.15. The van der Waals surface area contributed by atoms with Crippen LogP contribution in [0.15, 0.2) is 55.1 Å². The van der Waals surface area contributed by atoms with E-state index in [1.165, 1.54) is 16.8 Å². The van der Waals surface area contributed by atoms with Gasteiger partial charge < -0.3 is 4.57 Å². The van der Waals surface area contributed by atoms with Gasteiger partial charge in [-0.1, -0.05) is 24.3 Å². The summed E-state index contributed by atoms with van der Waals surface area (Å²) < 4.78 is 4.22. The molecule has 0 amide bonds. The minimum atomic E-state index is 0.941. The van der Waals surface area contributed by atoms with Crippen molar-refractivity contribution in [1.82, 2.24) is 19.1 Å². The summed E-state index contributed by atoms with van der Waals surface area (Å²) in [5.74, 6) is 0.941. The lowest BCUT2D eigenvalue weighted by Gasteiger charge is -2.14. The van der Waals surface area contributed by atoms with Gasteiger partial charge in [0.2, 0.25) is 0 Å². The Morgan fingerprint density at radius 3 is 2.43 bits per heavy atom. The van der Waals surface area contributed by atoms with Crippen LogP contribution in [0.3, 0.4) is 0 Å². The van der Waals surface area contributed by atoms with Crippen molar-refractivity contribution in [2.24, 2.45) is 7.05 Å². The lowest BCUT2D eigenvalue weighted by atomic mass is 10.1. The number of hydrogen-bond acceptors (Lipinski definition) is 2. The fourth-order valence-corrected chi connectivity index (χ4v) is 3.26. The largest absolute Gasteiger partial charge is 0.333 e. The molecule has 0 saturated heterocycles. The van der Waals surface area contributed by atoms with E-state index < -0.39 is 0 Å². The second kappa shape index (κ2) is 5.09.